The van der Waals surface area contributed by atoms with Crippen molar-refractivity contribution in [2.45, 2.75) is 20.0 Å². The third kappa shape index (κ3) is 4.10. The number of halogens is 2. The van der Waals surface area contributed by atoms with Crippen LogP contribution in [0.3, 0.4) is 0 Å². The summed E-state index contributed by atoms with van der Waals surface area (Å²) in [5, 5.41) is 4.42. The number of nitrogens with zero attached hydrogens (tertiary/aromatic N) is 1. The second-order valence-electron chi connectivity index (χ2n) is 4.28. The van der Waals surface area contributed by atoms with Crippen molar-refractivity contribution in [3.8, 4) is 5.75 Å². The first-order chi connectivity index (χ1) is 9.70. The number of nitrogens with one attached hydrogen (secondary N) is 1. The van der Waals surface area contributed by atoms with E-state index in [0.717, 1.165) is 12.1 Å². The van der Waals surface area contributed by atoms with Gasteiger partial charge >= 0.3 is 0 Å². The quantitative estimate of drug-likeness (QED) is 0.873. The molecule has 0 fully saturated rings. The summed E-state index contributed by atoms with van der Waals surface area (Å²) in [6.45, 7) is 3.90. The van der Waals surface area contributed by atoms with E-state index in [9.17, 15) is 0 Å². The number of ether oxygens (including phenoxy) is 1. The Labute approximate surface area is 128 Å². The van der Waals surface area contributed by atoms with Crippen LogP contribution in [0.4, 0.5) is 0 Å². The molecule has 0 unspecified atom stereocenters. The molecule has 1 N–H and O–H groups in total. The van der Waals surface area contributed by atoms with E-state index in [1.807, 2.05) is 31.2 Å². The number of aromatic nitrogens is 1. The van der Waals surface area contributed by atoms with Gasteiger partial charge in [-0.3, -0.25) is 4.98 Å². The molecule has 1 aromatic heterocycles. The summed E-state index contributed by atoms with van der Waals surface area (Å²) in [7, 11) is 0. The highest BCUT2D eigenvalue weighted by Crippen LogP contribution is 2.34. The zero-order valence-corrected chi connectivity index (χ0v) is 12.7. The van der Waals surface area contributed by atoms with Gasteiger partial charge in [-0.15, -0.1) is 0 Å². The van der Waals surface area contributed by atoms with E-state index in [0.29, 0.717) is 28.9 Å². The van der Waals surface area contributed by atoms with Gasteiger partial charge in [-0.2, -0.15) is 0 Å². The van der Waals surface area contributed by atoms with Gasteiger partial charge in [0.05, 0.1) is 16.7 Å². The second-order valence-corrected chi connectivity index (χ2v) is 5.10. The van der Waals surface area contributed by atoms with Crippen LogP contribution >= 0.6 is 23.2 Å². The molecule has 0 aliphatic rings. The molecule has 0 saturated heterocycles. The maximum atomic E-state index is 6.16. The molecule has 0 amide bonds. The maximum Gasteiger partial charge on any atom is 0.156 e. The molecule has 0 aliphatic carbocycles. The van der Waals surface area contributed by atoms with E-state index in [1.165, 1.54) is 5.56 Å². The van der Waals surface area contributed by atoms with E-state index >= 15 is 0 Å². The van der Waals surface area contributed by atoms with Gasteiger partial charge in [0.2, 0.25) is 0 Å². The number of pyridine rings is 1. The van der Waals surface area contributed by atoms with Crippen molar-refractivity contribution < 1.29 is 4.74 Å². The second kappa shape index (κ2) is 7.48. The molecule has 2 aromatic rings. The molecule has 3 nitrogen and oxygen atoms in total. The van der Waals surface area contributed by atoms with Crippen molar-refractivity contribution in [2.75, 3.05) is 6.61 Å². The van der Waals surface area contributed by atoms with Crippen molar-refractivity contribution in [1.82, 2.24) is 10.3 Å². The van der Waals surface area contributed by atoms with Crippen LogP contribution in [0.5, 0.6) is 5.75 Å². The number of hydrogen-bond acceptors (Lipinski definition) is 3. The molecule has 20 heavy (non-hydrogen) atoms. The third-order valence-electron chi connectivity index (χ3n) is 2.75. The number of benzene rings is 1. The fraction of sp³-hybridized carbons (Fsp3) is 0.267. The van der Waals surface area contributed by atoms with Gasteiger partial charge in [0, 0.05) is 25.5 Å². The summed E-state index contributed by atoms with van der Waals surface area (Å²) in [6, 6.07) is 7.70. The van der Waals surface area contributed by atoms with Gasteiger partial charge in [0.15, 0.2) is 5.75 Å². The first kappa shape index (κ1) is 15.1. The number of hydrogen-bond donors (Lipinski definition) is 1. The molecular weight excluding hydrogens is 295 g/mol. The minimum absolute atomic E-state index is 0.541. The average Bonchev–Trinajstić information content (AvgIpc) is 2.44. The molecule has 0 atom stereocenters. The van der Waals surface area contributed by atoms with E-state index in [1.54, 1.807) is 12.4 Å². The van der Waals surface area contributed by atoms with Crippen LogP contribution in [0.15, 0.2) is 36.7 Å². The summed E-state index contributed by atoms with van der Waals surface area (Å²) in [6.07, 6.45) is 3.56. The molecule has 0 bridgehead atoms. The molecule has 2 rings (SSSR count). The van der Waals surface area contributed by atoms with E-state index < -0.39 is 0 Å². The Morgan fingerprint density at radius 1 is 1.05 bits per heavy atom. The molecular formula is C15H16Cl2N2O. The van der Waals surface area contributed by atoms with Crippen LogP contribution in [0.25, 0.3) is 0 Å². The van der Waals surface area contributed by atoms with Crippen molar-refractivity contribution in [1.29, 1.82) is 0 Å². The smallest absolute Gasteiger partial charge is 0.156 e. The molecule has 0 spiro atoms. The Morgan fingerprint density at radius 3 is 2.25 bits per heavy atom. The average molecular weight is 311 g/mol. The van der Waals surface area contributed by atoms with Crippen molar-refractivity contribution in [3.63, 3.8) is 0 Å². The van der Waals surface area contributed by atoms with E-state index in [-0.39, 0.29) is 0 Å². The SMILES string of the molecule is CCOc1c(Cl)cc(CNCc2ccncc2)cc1Cl. The van der Waals surface area contributed by atoms with Crippen LogP contribution in [-0.4, -0.2) is 11.6 Å². The topological polar surface area (TPSA) is 34.1 Å². The molecule has 1 heterocycles. The van der Waals surface area contributed by atoms with Crippen LogP contribution in [0.1, 0.15) is 18.1 Å². The third-order valence-corrected chi connectivity index (χ3v) is 3.32. The molecule has 0 radical (unpaired) electrons. The predicted molar refractivity (Wildman–Crippen MR) is 82.4 cm³/mol. The highest BCUT2D eigenvalue weighted by molar-refractivity contribution is 6.37. The van der Waals surface area contributed by atoms with Crippen LogP contribution in [0.2, 0.25) is 10.0 Å². The lowest BCUT2D eigenvalue weighted by Crippen LogP contribution is -2.12. The van der Waals surface area contributed by atoms with Gasteiger partial charge in [-0.1, -0.05) is 23.2 Å². The first-order valence-electron chi connectivity index (χ1n) is 6.41. The van der Waals surface area contributed by atoms with E-state index in [2.05, 4.69) is 10.3 Å². The Hall–Kier alpha value is -1.29. The van der Waals surface area contributed by atoms with Gasteiger partial charge in [0.1, 0.15) is 0 Å². The highest BCUT2D eigenvalue weighted by Gasteiger charge is 2.09. The van der Waals surface area contributed by atoms with Crippen molar-refractivity contribution >= 4 is 23.2 Å². The Balaban J connectivity index is 1.96. The predicted octanol–water partition coefficient (Wildman–Crippen LogP) is 4.08. The fourth-order valence-electron chi connectivity index (χ4n) is 1.85. The molecule has 106 valence electrons. The van der Waals surface area contributed by atoms with Gasteiger partial charge in [0.25, 0.3) is 0 Å². The zero-order chi connectivity index (χ0) is 14.4. The van der Waals surface area contributed by atoms with Crippen molar-refractivity contribution in [2.24, 2.45) is 0 Å². The number of rotatable bonds is 6. The highest BCUT2D eigenvalue weighted by atomic mass is 35.5. The molecule has 5 heteroatoms. The lowest BCUT2D eigenvalue weighted by atomic mass is 10.2. The van der Waals surface area contributed by atoms with Crippen LogP contribution in [0, 0.1) is 0 Å². The summed E-state index contributed by atoms with van der Waals surface area (Å²) in [5.41, 5.74) is 2.21. The van der Waals surface area contributed by atoms with Gasteiger partial charge in [-0.05, 0) is 42.3 Å². The van der Waals surface area contributed by atoms with Crippen LogP contribution < -0.4 is 10.1 Å². The van der Waals surface area contributed by atoms with Gasteiger partial charge in [-0.25, -0.2) is 0 Å². The van der Waals surface area contributed by atoms with Gasteiger partial charge < -0.3 is 10.1 Å². The largest absolute Gasteiger partial charge is 0.491 e. The minimum atomic E-state index is 0.541. The lowest BCUT2D eigenvalue weighted by molar-refractivity contribution is 0.340. The Kier molecular flexibility index (Phi) is 5.65. The zero-order valence-electron chi connectivity index (χ0n) is 11.2. The molecule has 0 aliphatic heterocycles. The lowest BCUT2D eigenvalue weighted by Gasteiger charge is -2.11. The normalized spacial score (nSPS) is 10.6. The van der Waals surface area contributed by atoms with Crippen molar-refractivity contribution in [3.05, 3.63) is 57.8 Å². The maximum absolute atomic E-state index is 6.16. The summed E-state index contributed by atoms with van der Waals surface area (Å²) in [5.74, 6) is 0.550. The fourth-order valence-corrected chi connectivity index (χ4v) is 2.49. The first-order valence-corrected chi connectivity index (χ1v) is 7.16. The monoisotopic (exact) mass is 310 g/mol. The Bertz CT molecular complexity index is 538. The molecule has 1 aromatic carbocycles. The summed E-state index contributed by atoms with van der Waals surface area (Å²) in [4.78, 5) is 3.99. The standard InChI is InChI=1S/C15H16Cl2N2O/c1-2-20-15-13(16)7-12(8-14(15)17)10-19-9-11-3-5-18-6-4-11/h3-8,19H,2,9-10H2,1H3. The minimum Gasteiger partial charge on any atom is -0.491 e. The van der Waals surface area contributed by atoms with E-state index in [4.69, 9.17) is 27.9 Å². The summed E-state index contributed by atoms with van der Waals surface area (Å²) < 4.78 is 5.40. The van der Waals surface area contributed by atoms with Crippen LogP contribution in [-0.2, 0) is 13.1 Å². The molecule has 0 saturated carbocycles. The Morgan fingerprint density at radius 2 is 1.65 bits per heavy atom. The summed E-state index contributed by atoms with van der Waals surface area (Å²) >= 11 is 12.3.